The Kier molecular flexibility index (Phi) is 21.8. The Balaban J connectivity index is 0. The van der Waals surface area contributed by atoms with Crippen LogP contribution in [0, 0.1) is 5.75 Å². The van der Waals surface area contributed by atoms with E-state index in [-0.39, 0.29) is 0 Å². The van der Waals surface area contributed by atoms with Crippen molar-refractivity contribution in [3.05, 3.63) is 5.75 Å². The van der Waals surface area contributed by atoms with Gasteiger partial charge in [0.1, 0.15) is 0 Å². The first kappa shape index (κ1) is 17.3. The van der Waals surface area contributed by atoms with Gasteiger partial charge in [0.05, 0.1) is 0 Å². The molecule has 0 aromatic carbocycles. The average Bonchev–Trinajstić information content (AvgIpc) is 2.03. The van der Waals surface area contributed by atoms with Crippen molar-refractivity contribution in [1.82, 2.24) is 0 Å². The summed E-state index contributed by atoms with van der Waals surface area (Å²) in [5.74, 6) is 1.95. The first-order valence-electron chi connectivity index (χ1n) is 4.44. The Hall–Kier alpha value is 1.93. The molecule has 0 atom stereocenters. The van der Waals surface area contributed by atoms with Gasteiger partial charge in [-0.3, -0.25) is 5.75 Å². The van der Waals surface area contributed by atoms with E-state index in [1.807, 2.05) is 5.75 Å². The average molecular weight is 300 g/mol. The van der Waals surface area contributed by atoms with E-state index in [1.54, 1.807) is 0 Å². The molecule has 0 N–H and O–H groups in total. The van der Waals surface area contributed by atoms with Crippen LogP contribution in [-0.2, 0) is 14.7 Å². The van der Waals surface area contributed by atoms with Gasteiger partial charge in [-0.2, -0.15) is 6.42 Å². The van der Waals surface area contributed by atoms with E-state index >= 15 is 0 Å². The molecule has 0 radical (unpaired) electrons. The van der Waals surface area contributed by atoms with Gasteiger partial charge in [0.15, 0.2) is 0 Å². The Morgan fingerprint density at radius 1 is 1.08 bits per heavy atom. The number of hydrogen-bond acceptors (Lipinski definition) is 1. The molecule has 0 aliphatic carbocycles. The second-order valence-electron chi connectivity index (χ2n) is 2.60. The third-order valence-electron chi connectivity index (χ3n) is 1.44. The fourth-order valence-electron chi connectivity index (χ4n) is 0.839. The predicted octanol–water partition coefficient (Wildman–Crippen LogP) is 5.50. The first-order chi connectivity index (χ1) is 6.15. The van der Waals surface area contributed by atoms with Crippen molar-refractivity contribution in [2.24, 2.45) is 0 Å². The Labute approximate surface area is 106 Å². The molecule has 0 saturated heterocycles. The monoisotopic (exact) mass is 298 g/mol. The van der Waals surface area contributed by atoms with E-state index in [1.165, 1.54) is 38.5 Å². The molecule has 0 unspecified atom stereocenters. The molecular weight excluding hydrogens is 282 g/mol. The van der Waals surface area contributed by atoms with Gasteiger partial charge in [-0.25, -0.2) is 0 Å². The molecule has 0 saturated carbocycles. The maximum absolute atomic E-state index is 4.97. The van der Waals surface area contributed by atoms with Crippen molar-refractivity contribution < 1.29 is 14.7 Å². The number of hydrogen-bond donors (Lipinski definition) is 1. The number of unbranched alkanes of at least 4 members (excludes halogenated alkanes) is 5. The summed E-state index contributed by atoms with van der Waals surface area (Å²) in [6.45, 7) is 2.24. The molecule has 0 bridgehead atoms. The molecule has 0 aromatic rings. The minimum atomic E-state index is -1.92. The molecule has 5 heteroatoms. The van der Waals surface area contributed by atoms with E-state index < -0.39 is 14.7 Å². The SMILES string of the molecule is CCCCCCC[CH-]S.[Cl][Ti+]([Cl])[Cl]. The summed E-state index contributed by atoms with van der Waals surface area (Å²) >= 11 is 2.10. The zero-order valence-corrected chi connectivity index (χ0v) is 12.6. The zero-order chi connectivity index (χ0) is 10.5. The van der Waals surface area contributed by atoms with Crippen molar-refractivity contribution in [1.29, 1.82) is 0 Å². The van der Waals surface area contributed by atoms with E-state index in [4.69, 9.17) is 27.9 Å². The fraction of sp³-hybridized carbons (Fsp3) is 0.875. The molecule has 0 aliphatic rings. The van der Waals surface area contributed by atoms with Crippen LogP contribution in [0.1, 0.15) is 45.4 Å². The molecule has 0 amide bonds. The van der Waals surface area contributed by atoms with E-state index in [2.05, 4.69) is 19.6 Å². The quantitative estimate of drug-likeness (QED) is 0.284. The van der Waals surface area contributed by atoms with Gasteiger partial charge >= 0.3 is 42.6 Å². The van der Waals surface area contributed by atoms with E-state index in [0.717, 1.165) is 0 Å². The Morgan fingerprint density at radius 3 is 1.92 bits per heavy atom. The topological polar surface area (TPSA) is 0 Å². The van der Waals surface area contributed by atoms with Gasteiger partial charge in [-0.05, 0) is 0 Å². The standard InChI is InChI=1S/C8H17S.3ClH.Ti/c1-2-3-4-5-6-7-8-9;;;;/h8-9H,2-7H2,1H3;3*1H;/q-1;;;;+4/p-3. The Bertz CT molecular complexity index is 75.0. The van der Waals surface area contributed by atoms with Gasteiger partial charge in [0.2, 0.25) is 0 Å². The Morgan fingerprint density at radius 2 is 1.54 bits per heavy atom. The minimum absolute atomic E-state index is 1.17. The summed E-state index contributed by atoms with van der Waals surface area (Å²) in [6, 6.07) is 0. The van der Waals surface area contributed by atoms with Gasteiger partial charge < -0.3 is 12.6 Å². The molecule has 13 heavy (non-hydrogen) atoms. The van der Waals surface area contributed by atoms with Gasteiger partial charge in [0, 0.05) is 0 Å². The van der Waals surface area contributed by atoms with Crippen molar-refractivity contribution in [2.75, 3.05) is 0 Å². The molecular formula is C8H17Cl3STi. The van der Waals surface area contributed by atoms with Crippen LogP contribution in [0.25, 0.3) is 0 Å². The van der Waals surface area contributed by atoms with E-state index in [9.17, 15) is 0 Å². The van der Waals surface area contributed by atoms with Crippen molar-refractivity contribution >= 4 is 40.5 Å². The molecule has 0 rings (SSSR count). The van der Waals surface area contributed by atoms with Crippen LogP contribution in [0.15, 0.2) is 0 Å². The third-order valence-corrected chi connectivity index (χ3v) is 1.69. The summed E-state index contributed by atoms with van der Waals surface area (Å²) in [6.07, 6.45) is 8.01. The number of rotatable bonds is 6. The molecule has 0 fully saturated rings. The fourth-order valence-corrected chi connectivity index (χ4v) is 1.02. The molecule has 0 nitrogen and oxygen atoms in total. The maximum atomic E-state index is 4.97. The first-order valence-corrected chi connectivity index (χ1v) is 11.4. The van der Waals surface area contributed by atoms with Crippen LogP contribution < -0.4 is 0 Å². The molecule has 0 aromatic heterocycles. The summed E-state index contributed by atoms with van der Waals surface area (Å²) in [4.78, 5) is 0. The van der Waals surface area contributed by atoms with Gasteiger partial charge in [-0.1, -0.05) is 39.0 Å². The van der Waals surface area contributed by atoms with Crippen LogP contribution in [0.5, 0.6) is 0 Å². The number of thiol groups is 1. The molecule has 0 heterocycles. The van der Waals surface area contributed by atoms with Gasteiger partial charge in [0.25, 0.3) is 0 Å². The van der Waals surface area contributed by atoms with Crippen LogP contribution in [0.3, 0.4) is 0 Å². The molecule has 80 valence electrons. The van der Waals surface area contributed by atoms with Crippen LogP contribution in [0.2, 0.25) is 0 Å². The van der Waals surface area contributed by atoms with E-state index in [0.29, 0.717) is 0 Å². The predicted molar refractivity (Wildman–Crippen MR) is 64.2 cm³/mol. The van der Waals surface area contributed by atoms with Crippen LogP contribution >= 0.6 is 40.5 Å². The number of halogens is 3. The van der Waals surface area contributed by atoms with Crippen molar-refractivity contribution in [3.63, 3.8) is 0 Å². The second-order valence-corrected chi connectivity index (χ2v) is 10.7. The zero-order valence-electron chi connectivity index (χ0n) is 7.90. The van der Waals surface area contributed by atoms with Crippen LogP contribution in [-0.4, -0.2) is 0 Å². The normalized spacial score (nSPS) is 9.00. The van der Waals surface area contributed by atoms with Crippen molar-refractivity contribution in [2.45, 2.75) is 45.4 Å². The van der Waals surface area contributed by atoms with Crippen molar-refractivity contribution in [3.8, 4) is 0 Å². The van der Waals surface area contributed by atoms with Crippen LogP contribution in [0.4, 0.5) is 0 Å². The summed E-state index contributed by atoms with van der Waals surface area (Å²) in [5, 5.41) is 0. The summed E-state index contributed by atoms with van der Waals surface area (Å²) in [7, 11) is 14.9. The summed E-state index contributed by atoms with van der Waals surface area (Å²) in [5.41, 5.74) is 0. The second kappa shape index (κ2) is 16.4. The van der Waals surface area contributed by atoms with Gasteiger partial charge in [-0.15, -0.1) is 0 Å². The summed E-state index contributed by atoms with van der Waals surface area (Å²) < 4.78 is 0. The third kappa shape index (κ3) is 31.5. The molecule has 0 spiro atoms. The molecule has 0 aliphatic heterocycles.